The molecule has 0 amide bonds. The number of likely N-dealkylation sites (N-methyl/N-ethyl adjacent to an activating group) is 1. The fourth-order valence-electron chi connectivity index (χ4n) is 1.79. The van der Waals surface area contributed by atoms with Gasteiger partial charge in [0.25, 0.3) is 0 Å². The number of morpholine rings is 1. The number of nitrogens with zero attached hydrogens (tertiary/aromatic N) is 1. The molecule has 1 aliphatic rings. The first-order chi connectivity index (χ1) is 7.71. The summed E-state index contributed by atoms with van der Waals surface area (Å²) in [4.78, 5) is 0. The van der Waals surface area contributed by atoms with E-state index >= 15 is 0 Å². The highest BCUT2D eigenvalue weighted by Crippen LogP contribution is 2.18. The first kappa shape index (κ1) is 14.9. The Labute approximate surface area is 105 Å². The highest BCUT2D eigenvalue weighted by Gasteiger charge is 2.28. The lowest BCUT2D eigenvalue weighted by molar-refractivity contribution is 0.0205. The molecule has 0 saturated carbocycles. The smallest absolute Gasteiger partial charge is 0.214 e. The molecule has 0 aromatic heterocycles. The van der Waals surface area contributed by atoms with Gasteiger partial charge in [0.1, 0.15) is 0 Å². The van der Waals surface area contributed by atoms with Crippen molar-refractivity contribution in [3.05, 3.63) is 0 Å². The van der Waals surface area contributed by atoms with Gasteiger partial charge in [0, 0.05) is 26.7 Å². The van der Waals surface area contributed by atoms with E-state index in [2.05, 4.69) is 5.32 Å². The van der Waals surface area contributed by atoms with Crippen LogP contribution in [0.1, 0.15) is 20.8 Å². The highest BCUT2D eigenvalue weighted by molar-refractivity contribution is 7.89. The van der Waals surface area contributed by atoms with Crippen molar-refractivity contribution >= 4 is 10.0 Å². The van der Waals surface area contributed by atoms with E-state index in [-0.39, 0.29) is 17.3 Å². The van der Waals surface area contributed by atoms with E-state index in [0.717, 1.165) is 13.1 Å². The average Bonchev–Trinajstić information content (AvgIpc) is 2.15. The number of ether oxygens (including phenoxy) is 1. The summed E-state index contributed by atoms with van der Waals surface area (Å²) in [5.41, 5.74) is -0.223. The van der Waals surface area contributed by atoms with Crippen LogP contribution in [0.5, 0.6) is 0 Å². The zero-order valence-corrected chi connectivity index (χ0v) is 12.0. The van der Waals surface area contributed by atoms with Gasteiger partial charge in [0.2, 0.25) is 10.0 Å². The van der Waals surface area contributed by atoms with Crippen LogP contribution in [0.2, 0.25) is 0 Å². The highest BCUT2D eigenvalue weighted by atomic mass is 32.2. The summed E-state index contributed by atoms with van der Waals surface area (Å²) in [5.74, 6) is 0.163. The Hall–Kier alpha value is -0.170. The number of rotatable bonds is 4. The summed E-state index contributed by atoms with van der Waals surface area (Å²) in [6.45, 7) is 8.42. The van der Waals surface area contributed by atoms with Crippen molar-refractivity contribution in [3.63, 3.8) is 0 Å². The van der Waals surface area contributed by atoms with Crippen LogP contribution in [-0.4, -0.2) is 57.9 Å². The van der Waals surface area contributed by atoms with Crippen LogP contribution in [0.3, 0.4) is 0 Å². The van der Waals surface area contributed by atoms with E-state index in [1.165, 1.54) is 4.31 Å². The molecule has 1 heterocycles. The molecule has 1 atom stereocenters. The van der Waals surface area contributed by atoms with Crippen LogP contribution in [-0.2, 0) is 14.8 Å². The van der Waals surface area contributed by atoms with Crippen molar-refractivity contribution in [1.82, 2.24) is 9.62 Å². The predicted octanol–water partition coefficient (Wildman–Crippen LogP) is 0.283. The second-order valence-corrected chi connectivity index (χ2v) is 7.87. The quantitative estimate of drug-likeness (QED) is 0.792. The molecule has 0 radical (unpaired) electrons. The minimum Gasteiger partial charge on any atom is -0.374 e. The molecule has 0 aliphatic carbocycles. The maximum absolute atomic E-state index is 12.1. The third-order valence-electron chi connectivity index (χ3n) is 2.56. The van der Waals surface area contributed by atoms with Gasteiger partial charge in [-0.3, -0.25) is 0 Å². The van der Waals surface area contributed by atoms with E-state index < -0.39 is 10.0 Å². The molecule has 1 fully saturated rings. The lowest BCUT2D eigenvalue weighted by Gasteiger charge is -2.29. The van der Waals surface area contributed by atoms with Gasteiger partial charge < -0.3 is 10.1 Å². The summed E-state index contributed by atoms with van der Waals surface area (Å²) in [6, 6.07) is 0. The van der Waals surface area contributed by atoms with E-state index in [9.17, 15) is 8.42 Å². The number of sulfonamides is 1. The SMILES string of the molecule is CN(CC1CNCCO1)S(=O)(=O)CC(C)(C)C. The van der Waals surface area contributed by atoms with Gasteiger partial charge in [-0.2, -0.15) is 0 Å². The molecule has 17 heavy (non-hydrogen) atoms. The normalized spacial score (nSPS) is 23.0. The van der Waals surface area contributed by atoms with Crippen molar-refractivity contribution in [3.8, 4) is 0 Å². The zero-order valence-electron chi connectivity index (χ0n) is 11.2. The molecule has 0 aromatic carbocycles. The van der Waals surface area contributed by atoms with E-state index in [0.29, 0.717) is 13.2 Å². The minimum absolute atomic E-state index is 0.0384. The van der Waals surface area contributed by atoms with Gasteiger partial charge in [-0.15, -0.1) is 0 Å². The van der Waals surface area contributed by atoms with Crippen molar-refractivity contribution in [1.29, 1.82) is 0 Å². The molecule has 1 aliphatic heterocycles. The topological polar surface area (TPSA) is 58.6 Å². The molecule has 1 unspecified atom stereocenters. The van der Waals surface area contributed by atoms with Crippen molar-refractivity contribution in [2.75, 3.05) is 39.0 Å². The molecular formula is C11H24N2O3S. The molecule has 5 nitrogen and oxygen atoms in total. The largest absolute Gasteiger partial charge is 0.374 e. The Morgan fingerprint density at radius 2 is 2.06 bits per heavy atom. The standard InChI is InChI=1S/C11H24N2O3S/c1-11(2,3)9-17(14,15)13(4)8-10-7-12-5-6-16-10/h10,12H,5-9H2,1-4H3. The third kappa shape index (κ3) is 5.33. The van der Waals surface area contributed by atoms with Crippen LogP contribution < -0.4 is 5.32 Å². The zero-order chi connectivity index (χ0) is 13.1. The lowest BCUT2D eigenvalue weighted by Crippen LogP contribution is -2.46. The minimum atomic E-state index is -3.19. The molecule has 6 heteroatoms. The second-order valence-electron chi connectivity index (χ2n) is 5.79. The van der Waals surface area contributed by atoms with Gasteiger partial charge in [0.15, 0.2) is 0 Å². The number of hydrogen-bond donors (Lipinski definition) is 1. The first-order valence-corrected chi connectivity index (χ1v) is 7.58. The molecule has 1 rings (SSSR count). The monoisotopic (exact) mass is 264 g/mol. The fraction of sp³-hybridized carbons (Fsp3) is 1.00. The van der Waals surface area contributed by atoms with Gasteiger partial charge >= 0.3 is 0 Å². The van der Waals surface area contributed by atoms with Gasteiger partial charge in [-0.05, 0) is 5.41 Å². The third-order valence-corrected chi connectivity index (χ3v) is 4.89. The Morgan fingerprint density at radius 1 is 1.41 bits per heavy atom. The van der Waals surface area contributed by atoms with Crippen LogP contribution in [0.15, 0.2) is 0 Å². The van der Waals surface area contributed by atoms with E-state index in [1.807, 2.05) is 20.8 Å². The molecule has 0 spiro atoms. The molecule has 1 N–H and O–H groups in total. The molecule has 0 bridgehead atoms. The maximum Gasteiger partial charge on any atom is 0.214 e. The molecule has 1 saturated heterocycles. The molecule has 102 valence electrons. The number of nitrogens with one attached hydrogen (secondary N) is 1. The fourth-order valence-corrected chi connectivity index (χ4v) is 3.50. The Bertz CT molecular complexity index is 329. The summed E-state index contributed by atoms with van der Waals surface area (Å²) in [7, 11) is -1.57. The summed E-state index contributed by atoms with van der Waals surface area (Å²) in [6.07, 6.45) is -0.0384. The van der Waals surface area contributed by atoms with Crippen molar-refractivity contribution < 1.29 is 13.2 Å². The Balaban J connectivity index is 2.53. The Morgan fingerprint density at radius 3 is 2.53 bits per heavy atom. The van der Waals surface area contributed by atoms with Gasteiger partial charge in [-0.25, -0.2) is 12.7 Å². The van der Waals surface area contributed by atoms with Gasteiger partial charge in [0.05, 0.1) is 18.5 Å². The predicted molar refractivity (Wildman–Crippen MR) is 68.5 cm³/mol. The number of hydrogen-bond acceptors (Lipinski definition) is 4. The van der Waals surface area contributed by atoms with Crippen LogP contribution in [0.4, 0.5) is 0 Å². The maximum atomic E-state index is 12.1. The summed E-state index contributed by atoms with van der Waals surface area (Å²) < 4.78 is 31.1. The van der Waals surface area contributed by atoms with E-state index in [1.54, 1.807) is 7.05 Å². The van der Waals surface area contributed by atoms with Crippen LogP contribution in [0.25, 0.3) is 0 Å². The summed E-state index contributed by atoms with van der Waals surface area (Å²) >= 11 is 0. The van der Waals surface area contributed by atoms with Gasteiger partial charge in [-0.1, -0.05) is 20.8 Å². The van der Waals surface area contributed by atoms with Crippen LogP contribution in [0, 0.1) is 5.41 Å². The van der Waals surface area contributed by atoms with Crippen LogP contribution >= 0.6 is 0 Å². The average molecular weight is 264 g/mol. The Kier molecular flexibility index (Phi) is 4.95. The first-order valence-electron chi connectivity index (χ1n) is 5.97. The lowest BCUT2D eigenvalue weighted by atomic mass is 10.0. The summed E-state index contributed by atoms with van der Waals surface area (Å²) in [5, 5.41) is 3.19. The molecule has 0 aromatic rings. The van der Waals surface area contributed by atoms with Crippen molar-refractivity contribution in [2.45, 2.75) is 26.9 Å². The van der Waals surface area contributed by atoms with Crippen molar-refractivity contribution in [2.24, 2.45) is 5.41 Å². The van der Waals surface area contributed by atoms with E-state index in [4.69, 9.17) is 4.74 Å². The molecular weight excluding hydrogens is 240 g/mol. The second kappa shape index (κ2) is 5.65.